The van der Waals surface area contributed by atoms with Gasteiger partial charge in [0.1, 0.15) is 5.82 Å². The van der Waals surface area contributed by atoms with Gasteiger partial charge in [0.05, 0.1) is 0 Å². The summed E-state index contributed by atoms with van der Waals surface area (Å²) in [6, 6.07) is 6.43. The molecule has 3 rings (SSSR count). The first kappa shape index (κ1) is 11.2. The molecule has 3 unspecified atom stereocenters. The summed E-state index contributed by atoms with van der Waals surface area (Å²) in [4.78, 5) is 4.20. The molecule has 2 aliphatic rings. The lowest BCUT2D eigenvalue weighted by Gasteiger charge is -2.22. The highest BCUT2D eigenvalue weighted by atomic mass is 31.2. The van der Waals surface area contributed by atoms with Crippen molar-refractivity contribution in [2.45, 2.75) is 25.9 Å². The average molecular weight is 252 g/mol. The molecule has 0 amide bonds. The van der Waals surface area contributed by atoms with Gasteiger partial charge in [-0.2, -0.15) is 0 Å². The number of rotatable bonds is 4. The number of anilines is 1. The van der Waals surface area contributed by atoms with Gasteiger partial charge in [-0.1, -0.05) is 6.07 Å². The van der Waals surface area contributed by atoms with E-state index in [0.717, 1.165) is 13.1 Å². The van der Waals surface area contributed by atoms with Crippen molar-refractivity contribution >= 4 is 13.4 Å². The van der Waals surface area contributed by atoms with E-state index < -0.39 is 7.59 Å². The number of hydrogen-bond acceptors (Lipinski definition) is 2. The highest BCUT2D eigenvalue weighted by Crippen LogP contribution is 2.63. The summed E-state index contributed by atoms with van der Waals surface area (Å²) in [5, 5.41) is 3.14. The van der Waals surface area contributed by atoms with Crippen LogP contribution in [0.4, 0.5) is 5.82 Å². The first-order chi connectivity index (χ1) is 8.11. The minimum Gasteiger partial charge on any atom is -0.297 e. The topological polar surface area (TPSA) is 48.0 Å². The Bertz CT molecular complexity index is 446. The van der Waals surface area contributed by atoms with Gasteiger partial charge in [-0.05, 0) is 26.0 Å². The maximum Gasteiger partial charge on any atom is 0.310 e. The highest BCUT2D eigenvalue weighted by molar-refractivity contribution is 7.61. The fourth-order valence-corrected chi connectivity index (χ4v) is 5.02. The van der Waals surface area contributed by atoms with Gasteiger partial charge in [0, 0.05) is 31.4 Å². The highest BCUT2D eigenvalue weighted by Gasteiger charge is 2.55. The summed E-state index contributed by atoms with van der Waals surface area (Å²) >= 11 is 0. The number of nitrogens with zero attached hydrogens (tertiary/aromatic N) is 3. The van der Waals surface area contributed by atoms with Crippen LogP contribution in [-0.4, -0.2) is 39.5 Å². The summed E-state index contributed by atoms with van der Waals surface area (Å²) in [5.74, 6) is 0.689. The summed E-state index contributed by atoms with van der Waals surface area (Å²) in [7, 11) is -2.62. The van der Waals surface area contributed by atoms with Crippen LogP contribution in [0.25, 0.3) is 0 Å². The van der Waals surface area contributed by atoms with Crippen molar-refractivity contribution in [2.75, 3.05) is 18.2 Å². The van der Waals surface area contributed by atoms with Crippen LogP contribution < -0.4 is 5.09 Å². The molecule has 1 aromatic rings. The van der Waals surface area contributed by atoms with Gasteiger partial charge >= 0.3 is 7.59 Å². The molecule has 2 saturated heterocycles. The molecule has 5 nitrogen and oxygen atoms in total. The van der Waals surface area contributed by atoms with Crippen molar-refractivity contribution in [2.24, 2.45) is 0 Å². The zero-order chi connectivity index (χ0) is 12.0. The Balaban J connectivity index is 1.83. The van der Waals surface area contributed by atoms with Crippen molar-refractivity contribution in [1.29, 1.82) is 0 Å². The molecule has 1 aromatic heterocycles. The largest absolute Gasteiger partial charge is 0.310 e. The monoisotopic (exact) mass is 252 g/mol. The zero-order valence-corrected chi connectivity index (χ0v) is 11.0. The smallest absolute Gasteiger partial charge is 0.297 e. The van der Waals surface area contributed by atoms with E-state index in [2.05, 4.69) is 23.9 Å². The van der Waals surface area contributed by atoms with Crippen LogP contribution in [-0.2, 0) is 4.57 Å². The maximum absolute atomic E-state index is 13.0. The Kier molecular flexibility index (Phi) is 2.51. The summed E-state index contributed by atoms with van der Waals surface area (Å²) in [6.45, 7) is 6.00. The first-order valence-electron chi connectivity index (χ1n) is 5.95. The average Bonchev–Trinajstić information content (AvgIpc) is 3.19. The molecule has 2 fully saturated rings. The molecule has 0 bridgehead atoms. The lowest BCUT2D eigenvalue weighted by molar-refractivity contribution is 0.511. The second-order valence-corrected chi connectivity index (χ2v) is 7.15. The van der Waals surface area contributed by atoms with E-state index in [4.69, 9.17) is 0 Å². The van der Waals surface area contributed by atoms with E-state index in [-0.39, 0.29) is 0 Å². The van der Waals surface area contributed by atoms with E-state index in [9.17, 15) is 4.57 Å². The summed E-state index contributed by atoms with van der Waals surface area (Å²) in [6.07, 6.45) is 1.71. The molecule has 0 aromatic carbocycles. The molecule has 0 spiro atoms. The van der Waals surface area contributed by atoms with Crippen molar-refractivity contribution in [3.63, 3.8) is 0 Å². The quantitative estimate of drug-likeness (QED) is 0.656. The van der Waals surface area contributed by atoms with Crippen LogP contribution in [0.1, 0.15) is 13.8 Å². The summed E-state index contributed by atoms with van der Waals surface area (Å²) in [5.41, 5.74) is 0. The molecule has 1 N–H and O–H groups in total. The predicted octanol–water partition coefficient (Wildman–Crippen LogP) is 2.01. The van der Waals surface area contributed by atoms with Crippen LogP contribution in [0.2, 0.25) is 0 Å². The van der Waals surface area contributed by atoms with E-state index in [0.29, 0.717) is 17.9 Å². The summed E-state index contributed by atoms with van der Waals surface area (Å²) < 4.78 is 17.1. The molecular formula is C11H17N4OP. The van der Waals surface area contributed by atoms with Crippen LogP contribution in [0.15, 0.2) is 24.4 Å². The van der Waals surface area contributed by atoms with Gasteiger partial charge in [0.2, 0.25) is 0 Å². The third-order valence-corrected chi connectivity index (χ3v) is 6.30. The van der Waals surface area contributed by atoms with Crippen LogP contribution in [0.5, 0.6) is 0 Å². The number of aromatic nitrogens is 1. The second kappa shape index (κ2) is 3.80. The number of nitrogens with one attached hydrogen (secondary N) is 1. The molecule has 0 radical (unpaired) electrons. The molecule has 3 heterocycles. The molecule has 0 aliphatic carbocycles. The van der Waals surface area contributed by atoms with Crippen LogP contribution >= 0.6 is 7.59 Å². The molecule has 92 valence electrons. The van der Waals surface area contributed by atoms with Crippen molar-refractivity contribution < 1.29 is 4.57 Å². The first-order valence-corrected chi connectivity index (χ1v) is 7.56. The van der Waals surface area contributed by atoms with E-state index in [1.165, 1.54) is 0 Å². The SMILES string of the molecule is C[C@@H]1CN1P(=O)(Nc1ccccn1)N1C[C@@H]1C. The van der Waals surface area contributed by atoms with Gasteiger partial charge < -0.3 is 0 Å². The lowest BCUT2D eigenvalue weighted by atomic mass is 10.5. The Labute approximate surface area is 101 Å². The van der Waals surface area contributed by atoms with Crippen LogP contribution in [0.3, 0.4) is 0 Å². The Morgan fingerprint density at radius 1 is 1.29 bits per heavy atom. The van der Waals surface area contributed by atoms with Crippen molar-refractivity contribution in [1.82, 2.24) is 14.3 Å². The minimum atomic E-state index is -2.62. The third-order valence-electron chi connectivity index (χ3n) is 3.27. The Hall–Kier alpha value is -0.900. The molecule has 17 heavy (non-hydrogen) atoms. The van der Waals surface area contributed by atoms with E-state index in [1.54, 1.807) is 6.20 Å². The second-order valence-electron chi connectivity index (χ2n) is 4.81. The molecular weight excluding hydrogens is 235 g/mol. The van der Waals surface area contributed by atoms with Gasteiger partial charge in [-0.15, -0.1) is 0 Å². The van der Waals surface area contributed by atoms with Gasteiger partial charge in [-0.3, -0.25) is 9.65 Å². The molecule has 0 saturated carbocycles. The van der Waals surface area contributed by atoms with Gasteiger partial charge in [0.25, 0.3) is 0 Å². The zero-order valence-electron chi connectivity index (χ0n) is 10.1. The van der Waals surface area contributed by atoms with E-state index >= 15 is 0 Å². The fourth-order valence-electron chi connectivity index (χ4n) is 2.06. The number of hydrogen-bond donors (Lipinski definition) is 1. The number of pyridine rings is 1. The normalized spacial score (nSPS) is 38.2. The van der Waals surface area contributed by atoms with Gasteiger partial charge in [0.15, 0.2) is 0 Å². The van der Waals surface area contributed by atoms with Gasteiger partial charge in [-0.25, -0.2) is 14.3 Å². The standard InChI is InChI=1S/C11H17N4OP/c1-9-7-14(9)17(16,15-8-10(15)2)13-11-5-3-4-6-12-11/h3-6,9-10H,7-8H2,1-2H3,(H,12,13,16)/t9-,10+,14?,15?,17?. The lowest BCUT2D eigenvalue weighted by Crippen LogP contribution is -2.15. The van der Waals surface area contributed by atoms with Crippen molar-refractivity contribution in [3.8, 4) is 0 Å². The fraction of sp³-hybridized carbons (Fsp3) is 0.545. The van der Waals surface area contributed by atoms with Crippen molar-refractivity contribution in [3.05, 3.63) is 24.4 Å². The molecule has 6 heteroatoms. The molecule has 5 atom stereocenters. The van der Waals surface area contributed by atoms with Crippen LogP contribution in [0, 0.1) is 0 Å². The molecule has 2 aliphatic heterocycles. The van der Waals surface area contributed by atoms with E-state index in [1.807, 2.05) is 27.5 Å². The Morgan fingerprint density at radius 3 is 2.29 bits per heavy atom. The third kappa shape index (κ3) is 1.99. The minimum absolute atomic E-state index is 0.407. The Morgan fingerprint density at radius 2 is 1.88 bits per heavy atom. The predicted molar refractivity (Wildman–Crippen MR) is 67.8 cm³/mol. The maximum atomic E-state index is 13.0.